The van der Waals surface area contributed by atoms with Gasteiger partial charge in [-0.05, 0) is 18.6 Å². The van der Waals surface area contributed by atoms with Crippen LogP contribution in [0.25, 0.3) is 0 Å². The Hall–Kier alpha value is -1.42. The zero-order valence-electron chi connectivity index (χ0n) is 12.2. The predicted molar refractivity (Wildman–Crippen MR) is 85.7 cm³/mol. The molecule has 0 amide bonds. The van der Waals surface area contributed by atoms with Crippen LogP contribution in [-0.4, -0.2) is 49.0 Å². The molecule has 124 valence electrons. The second-order valence-corrected chi connectivity index (χ2v) is 8.73. The normalized spacial score (nSPS) is 19.0. The Balaban J connectivity index is 1.68. The monoisotopic (exact) mass is 375 g/mol. The van der Waals surface area contributed by atoms with Crippen molar-refractivity contribution < 1.29 is 17.9 Å². The summed E-state index contributed by atoms with van der Waals surface area (Å²) in [6.07, 6.45) is 3.25. The van der Waals surface area contributed by atoms with Crippen LogP contribution in [0.4, 0.5) is 0 Å². The molecule has 1 saturated heterocycles. The van der Waals surface area contributed by atoms with Crippen molar-refractivity contribution in [2.24, 2.45) is 0 Å². The minimum absolute atomic E-state index is 0.240. The van der Waals surface area contributed by atoms with Crippen LogP contribution < -0.4 is 9.47 Å². The molecule has 0 aromatic carbocycles. The molecule has 3 rings (SSSR count). The van der Waals surface area contributed by atoms with Crippen molar-refractivity contribution in [1.29, 1.82) is 0 Å². The number of hydrogen-bond donors (Lipinski definition) is 0. The Morgan fingerprint density at radius 2 is 2.13 bits per heavy atom. The van der Waals surface area contributed by atoms with Crippen molar-refractivity contribution >= 4 is 33.0 Å². The van der Waals surface area contributed by atoms with E-state index < -0.39 is 10.0 Å². The highest BCUT2D eigenvalue weighted by atomic mass is 35.5. The molecule has 0 unspecified atom stereocenters. The Bertz CT molecular complexity index is 796. The predicted octanol–water partition coefficient (Wildman–Crippen LogP) is 2.04. The SMILES string of the molecule is COc1cncc(O[C@H]2CCN(S(=O)(=O)c3ccc(Cl)s3)C2)n1. The maximum atomic E-state index is 12.5. The molecule has 23 heavy (non-hydrogen) atoms. The van der Waals surface area contributed by atoms with Crippen LogP contribution in [0.5, 0.6) is 11.8 Å². The van der Waals surface area contributed by atoms with Gasteiger partial charge in [0.25, 0.3) is 10.0 Å². The second kappa shape index (κ2) is 6.60. The maximum Gasteiger partial charge on any atom is 0.252 e. The number of rotatable bonds is 5. The van der Waals surface area contributed by atoms with Gasteiger partial charge in [0, 0.05) is 6.54 Å². The first kappa shape index (κ1) is 16.4. The van der Waals surface area contributed by atoms with E-state index >= 15 is 0 Å². The smallest absolute Gasteiger partial charge is 0.252 e. The van der Waals surface area contributed by atoms with Gasteiger partial charge in [0.2, 0.25) is 11.8 Å². The lowest BCUT2D eigenvalue weighted by Crippen LogP contribution is -2.30. The lowest BCUT2D eigenvalue weighted by molar-refractivity contribution is 0.203. The fourth-order valence-corrected chi connectivity index (χ4v) is 5.36. The molecule has 7 nitrogen and oxygen atoms in total. The van der Waals surface area contributed by atoms with Gasteiger partial charge in [0.1, 0.15) is 10.3 Å². The van der Waals surface area contributed by atoms with Gasteiger partial charge in [-0.2, -0.15) is 9.29 Å². The number of thiophene rings is 1. The molecule has 3 heterocycles. The third-order valence-electron chi connectivity index (χ3n) is 3.34. The molecular formula is C13H14ClN3O4S2. The standard InChI is InChI=1S/C13H14ClN3O4S2/c1-20-11-6-15-7-12(16-11)21-9-4-5-17(8-9)23(18,19)13-3-2-10(14)22-13/h2-3,6-7,9H,4-5,8H2,1H3/t9-/m0/s1. The van der Waals surface area contributed by atoms with Crippen LogP contribution in [0.2, 0.25) is 4.34 Å². The molecule has 2 aromatic rings. The zero-order chi connectivity index (χ0) is 16.4. The summed E-state index contributed by atoms with van der Waals surface area (Å²) in [6.45, 7) is 0.649. The van der Waals surface area contributed by atoms with E-state index in [1.54, 1.807) is 6.07 Å². The average molecular weight is 376 g/mol. The minimum atomic E-state index is -3.53. The van der Waals surface area contributed by atoms with E-state index in [1.807, 2.05) is 0 Å². The van der Waals surface area contributed by atoms with Crippen molar-refractivity contribution in [1.82, 2.24) is 14.3 Å². The highest BCUT2D eigenvalue weighted by Crippen LogP contribution is 2.30. The summed E-state index contributed by atoms with van der Waals surface area (Å²) in [7, 11) is -2.04. The molecule has 0 spiro atoms. The lowest BCUT2D eigenvalue weighted by atomic mass is 10.3. The van der Waals surface area contributed by atoms with E-state index in [0.717, 1.165) is 11.3 Å². The van der Waals surface area contributed by atoms with E-state index in [2.05, 4.69) is 9.97 Å². The van der Waals surface area contributed by atoms with Crippen LogP contribution in [-0.2, 0) is 10.0 Å². The van der Waals surface area contributed by atoms with E-state index in [-0.39, 0.29) is 16.9 Å². The van der Waals surface area contributed by atoms with E-state index in [4.69, 9.17) is 21.1 Å². The van der Waals surface area contributed by atoms with Crippen LogP contribution in [0, 0.1) is 0 Å². The number of halogens is 1. The van der Waals surface area contributed by atoms with Gasteiger partial charge in [0.15, 0.2) is 0 Å². The minimum Gasteiger partial charge on any atom is -0.480 e. The van der Waals surface area contributed by atoms with Gasteiger partial charge in [-0.1, -0.05) is 11.6 Å². The summed E-state index contributed by atoms with van der Waals surface area (Å²) in [5, 5.41) is 0. The Labute approximate surface area is 142 Å². The number of aromatic nitrogens is 2. The molecule has 1 fully saturated rings. The van der Waals surface area contributed by atoms with E-state index in [1.165, 1.54) is 29.9 Å². The second-order valence-electron chi connectivity index (χ2n) is 4.85. The third kappa shape index (κ3) is 3.57. The Morgan fingerprint density at radius 3 is 2.83 bits per heavy atom. The summed E-state index contributed by atoms with van der Waals surface area (Å²) in [4.78, 5) is 8.07. The highest BCUT2D eigenvalue weighted by Gasteiger charge is 2.34. The van der Waals surface area contributed by atoms with Gasteiger partial charge >= 0.3 is 0 Å². The molecule has 0 bridgehead atoms. The van der Waals surface area contributed by atoms with Crippen LogP contribution in [0.15, 0.2) is 28.7 Å². The van der Waals surface area contributed by atoms with Crippen molar-refractivity contribution in [2.75, 3.05) is 20.2 Å². The molecule has 0 N–H and O–H groups in total. The van der Waals surface area contributed by atoms with Gasteiger partial charge in [-0.3, -0.25) is 4.98 Å². The first-order valence-electron chi connectivity index (χ1n) is 6.77. The Morgan fingerprint density at radius 1 is 1.35 bits per heavy atom. The number of nitrogens with zero attached hydrogens (tertiary/aromatic N) is 3. The molecule has 10 heteroatoms. The van der Waals surface area contributed by atoms with Crippen LogP contribution >= 0.6 is 22.9 Å². The van der Waals surface area contributed by atoms with E-state index in [0.29, 0.717) is 29.1 Å². The highest BCUT2D eigenvalue weighted by molar-refractivity contribution is 7.91. The van der Waals surface area contributed by atoms with Crippen molar-refractivity contribution in [3.05, 3.63) is 28.9 Å². The van der Waals surface area contributed by atoms with Gasteiger partial charge in [-0.15, -0.1) is 11.3 Å². The first-order valence-corrected chi connectivity index (χ1v) is 9.40. The molecule has 1 atom stereocenters. The van der Waals surface area contributed by atoms with Crippen molar-refractivity contribution in [3.8, 4) is 11.8 Å². The van der Waals surface area contributed by atoms with Crippen molar-refractivity contribution in [3.63, 3.8) is 0 Å². The summed E-state index contributed by atoms with van der Waals surface area (Å²) in [5.41, 5.74) is 0. The van der Waals surface area contributed by atoms with Gasteiger partial charge in [-0.25, -0.2) is 8.42 Å². The molecule has 0 aliphatic carbocycles. The number of sulfonamides is 1. The van der Waals surface area contributed by atoms with E-state index in [9.17, 15) is 8.42 Å². The molecule has 2 aromatic heterocycles. The molecule has 0 radical (unpaired) electrons. The number of methoxy groups -OCH3 is 1. The number of ether oxygens (including phenoxy) is 2. The Kier molecular flexibility index (Phi) is 4.72. The molecular weight excluding hydrogens is 362 g/mol. The molecule has 1 aliphatic heterocycles. The average Bonchev–Trinajstić information content (AvgIpc) is 3.17. The van der Waals surface area contributed by atoms with Crippen LogP contribution in [0.1, 0.15) is 6.42 Å². The van der Waals surface area contributed by atoms with Gasteiger partial charge < -0.3 is 9.47 Å². The maximum absolute atomic E-state index is 12.5. The molecule has 0 saturated carbocycles. The first-order chi connectivity index (χ1) is 11.0. The largest absolute Gasteiger partial charge is 0.480 e. The lowest BCUT2D eigenvalue weighted by Gasteiger charge is -2.16. The summed E-state index contributed by atoms with van der Waals surface area (Å²) in [5.74, 6) is 0.658. The molecule has 1 aliphatic rings. The summed E-state index contributed by atoms with van der Waals surface area (Å²) in [6, 6.07) is 3.10. The third-order valence-corrected chi connectivity index (χ3v) is 6.90. The quantitative estimate of drug-likeness (QED) is 0.795. The topological polar surface area (TPSA) is 81.6 Å². The fraction of sp³-hybridized carbons (Fsp3) is 0.385. The van der Waals surface area contributed by atoms with Gasteiger partial charge in [0.05, 0.1) is 30.4 Å². The summed E-state index contributed by atoms with van der Waals surface area (Å²) >= 11 is 6.87. The van der Waals surface area contributed by atoms with Crippen molar-refractivity contribution in [2.45, 2.75) is 16.7 Å². The van der Waals surface area contributed by atoms with Crippen LogP contribution in [0.3, 0.4) is 0 Å². The summed E-state index contributed by atoms with van der Waals surface area (Å²) < 4.78 is 37.8. The fourth-order valence-electron chi connectivity index (χ4n) is 2.23. The number of hydrogen-bond acceptors (Lipinski definition) is 7. The zero-order valence-corrected chi connectivity index (χ0v) is 14.6.